The lowest BCUT2D eigenvalue weighted by Gasteiger charge is -2.11. The Morgan fingerprint density at radius 3 is 2.16 bits per heavy atom. The zero-order chi connectivity index (χ0) is 22.3. The van der Waals surface area contributed by atoms with Gasteiger partial charge in [0.05, 0.1) is 13.2 Å². The SMILES string of the molecule is O=S(=O)(Nc1cccc(CCOCc2ccc(Oc3ccccc3)cc2)c1)C(F)(F)F. The van der Waals surface area contributed by atoms with Crippen molar-refractivity contribution in [2.75, 3.05) is 11.3 Å². The van der Waals surface area contributed by atoms with E-state index in [1.165, 1.54) is 22.9 Å². The number of benzene rings is 3. The fourth-order valence-corrected chi connectivity index (χ4v) is 3.21. The predicted octanol–water partition coefficient (Wildman–Crippen LogP) is 5.50. The monoisotopic (exact) mass is 451 g/mol. The van der Waals surface area contributed by atoms with E-state index in [0.29, 0.717) is 30.9 Å². The van der Waals surface area contributed by atoms with Gasteiger partial charge in [-0.2, -0.15) is 21.6 Å². The molecule has 3 rings (SSSR count). The zero-order valence-corrected chi connectivity index (χ0v) is 17.1. The average Bonchev–Trinajstić information content (AvgIpc) is 2.72. The van der Waals surface area contributed by atoms with Gasteiger partial charge in [0.15, 0.2) is 0 Å². The van der Waals surface area contributed by atoms with E-state index in [-0.39, 0.29) is 5.69 Å². The molecule has 164 valence electrons. The highest BCUT2D eigenvalue weighted by Gasteiger charge is 2.46. The van der Waals surface area contributed by atoms with Gasteiger partial charge in [-0.3, -0.25) is 4.72 Å². The third-order valence-corrected chi connectivity index (χ3v) is 5.30. The second-order valence-corrected chi connectivity index (χ2v) is 8.29. The predicted molar refractivity (Wildman–Crippen MR) is 111 cm³/mol. The first kappa shape index (κ1) is 22.6. The van der Waals surface area contributed by atoms with E-state index in [9.17, 15) is 21.6 Å². The van der Waals surface area contributed by atoms with E-state index in [0.717, 1.165) is 11.3 Å². The molecule has 0 aromatic heterocycles. The highest BCUT2D eigenvalue weighted by molar-refractivity contribution is 7.93. The molecule has 0 aliphatic rings. The Labute approximate surface area is 178 Å². The van der Waals surface area contributed by atoms with Crippen LogP contribution in [0, 0.1) is 0 Å². The molecule has 3 aromatic rings. The standard InChI is InChI=1S/C22H20F3NO4S/c23-22(24,25)31(27,28)26-19-6-4-5-17(15-19)13-14-29-16-18-9-11-21(12-10-18)30-20-7-2-1-3-8-20/h1-12,15,26H,13-14,16H2. The van der Waals surface area contributed by atoms with Gasteiger partial charge in [0.2, 0.25) is 0 Å². The van der Waals surface area contributed by atoms with Crippen molar-refractivity contribution in [2.45, 2.75) is 18.5 Å². The van der Waals surface area contributed by atoms with Crippen LogP contribution in [-0.2, 0) is 27.8 Å². The number of anilines is 1. The quantitative estimate of drug-likeness (QED) is 0.437. The van der Waals surface area contributed by atoms with Crippen LogP contribution < -0.4 is 9.46 Å². The molecule has 0 radical (unpaired) electrons. The molecule has 0 heterocycles. The van der Waals surface area contributed by atoms with Crippen LogP contribution in [0.25, 0.3) is 0 Å². The summed E-state index contributed by atoms with van der Waals surface area (Å²) < 4.78 is 72.7. The average molecular weight is 451 g/mol. The molecule has 0 aliphatic heterocycles. The van der Waals surface area contributed by atoms with Crippen LogP contribution in [0.1, 0.15) is 11.1 Å². The largest absolute Gasteiger partial charge is 0.516 e. The van der Waals surface area contributed by atoms with E-state index >= 15 is 0 Å². The molecular formula is C22H20F3NO4S. The summed E-state index contributed by atoms with van der Waals surface area (Å²) in [7, 11) is -5.44. The Hall–Kier alpha value is -3.04. The fourth-order valence-electron chi connectivity index (χ4n) is 2.66. The van der Waals surface area contributed by atoms with Crippen molar-refractivity contribution in [1.29, 1.82) is 0 Å². The van der Waals surface area contributed by atoms with Crippen LogP contribution in [-0.4, -0.2) is 20.5 Å². The molecular weight excluding hydrogens is 431 g/mol. The van der Waals surface area contributed by atoms with Gasteiger partial charge < -0.3 is 9.47 Å². The third-order valence-electron chi connectivity index (χ3n) is 4.19. The number of rotatable bonds is 9. The van der Waals surface area contributed by atoms with Crippen LogP contribution in [0.4, 0.5) is 18.9 Å². The van der Waals surface area contributed by atoms with E-state index in [2.05, 4.69) is 0 Å². The minimum atomic E-state index is -5.44. The lowest BCUT2D eigenvalue weighted by Crippen LogP contribution is -2.29. The molecule has 0 atom stereocenters. The summed E-state index contributed by atoms with van der Waals surface area (Å²) in [6.45, 7) is 0.670. The van der Waals surface area contributed by atoms with Crippen LogP contribution in [0.3, 0.4) is 0 Å². The number of ether oxygens (including phenoxy) is 2. The molecule has 0 spiro atoms. The molecule has 9 heteroatoms. The smallest absolute Gasteiger partial charge is 0.457 e. The molecule has 0 saturated carbocycles. The van der Waals surface area contributed by atoms with E-state index in [4.69, 9.17) is 9.47 Å². The van der Waals surface area contributed by atoms with Gasteiger partial charge in [0, 0.05) is 5.69 Å². The second-order valence-electron chi connectivity index (χ2n) is 6.61. The molecule has 0 aliphatic carbocycles. The number of hydrogen-bond acceptors (Lipinski definition) is 4. The summed E-state index contributed by atoms with van der Waals surface area (Å²) in [6, 6.07) is 22.6. The van der Waals surface area contributed by atoms with Gasteiger partial charge in [0.25, 0.3) is 0 Å². The van der Waals surface area contributed by atoms with Gasteiger partial charge >= 0.3 is 15.5 Å². The molecule has 3 aromatic carbocycles. The van der Waals surface area contributed by atoms with Crippen molar-refractivity contribution in [3.63, 3.8) is 0 Å². The van der Waals surface area contributed by atoms with E-state index in [1.54, 1.807) is 6.07 Å². The Kier molecular flexibility index (Phi) is 7.19. The lowest BCUT2D eigenvalue weighted by molar-refractivity contribution is -0.0429. The summed E-state index contributed by atoms with van der Waals surface area (Å²) in [5.74, 6) is 1.44. The second kappa shape index (κ2) is 9.84. The van der Waals surface area contributed by atoms with Crippen molar-refractivity contribution < 1.29 is 31.1 Å². The summed E-state index contributed by atoms with van der Waals surface area (Å²) in [5.41, 5.74) is -3.93. The van der Waals surface area contributed by atoms with Gasteiger partial charge in [-0.25, -0.2) is 0 Å². The van der Waals surface area contributed by atoms with E-state index in [1.807, 2.05) is 54.6 Å². The minimum absolute atomic E-state index is 0.149. The maximum atomic E-state index is 12.5. The molecule has 0 amide bonds. The molecule has 1 N–H and O–H groups in total. The van der Waals surface area contributed by atoms with Crippen molar-refractivity contribution in [3.05, 3.63) is 90.0 Å². The summed E-state index contributed by atoms with van der Waals surface area (Å²) in [6.07, 6.45) is 0.413. The number of alkyl halides is 3. The number of halogens is 3. The molecule has 0 bridgehead atoms. The lowest BCUT2D eigenvalue weighted by atomic mass is 10.1. The molecule has 0 saturated heterocycles. The van der Waals surface area contributed by atoms with Crippen LogP contribution in [0.15, 0.2) is 78.9 Å². The normalized spacial score (nSPS) is 11.8. The fraction of sp³-hybridized carbons (Fsp3) is 0.182. The first-order valence-corrected chi connectivity index (χ1v) is 10.8. The number of para-hydroxylation sites is 1. The Balaban J connectivity index is 1.46. The Morgan fingerprint density at radius 2 is 1.48 bits per heavy atom. The van der Waals surface area contributed by atoms with E-state index < -0.39 is 15.5 Å². The van der Waals surface area contributed by atoms with Crippen molar-refractivity contribution in [3.8, 4) is 11.5 Å². The summed E-state index contributed by atoms with van der Waals surface area (Å²) in [4.78, 5) is 0. The zero-order valence-electron chi connectivity index (χ0n) is 16.3. The highest BCUT2D eigenvalue weighted by atomic mass is 32.2. The van der Waals surface area contributed by atoms with Crippen molar-refractivity contribution >= 4 is 15.7 Å². The van der Waals surface area contributed by atoms with Crippen molar-refractivity contribution in [1.82, 2.24) is 0 Å². The van der Waals surface area contributed by atoms with Crippen LogP contribution in [0.2, 0.25) is 0 Å². The molecule has 5 nitrogen and oxygen atoms in total. The summed E-state index contributed by atoms with van der Waals surface area (Å²) in [5, 5.41) is 0. The molecule has 31 heavy (non-hydrogen) atoms. The first-order valence-electron chi connectivity index (χ1n) is 9.30. The van der Waals surface area contributed by atoms with Gasteiger partial charge in [-0.05, 0) is 53.9 Å². The number of sulfonamides is 1. The maximum Gasteiger partial charge on any atom is 0.516 e. The van der Waals surface area contributed by atoms with Crippen LogP contribution in [0.5, 0.6) is 11.5 Å². The topological polar surface area (TPSA) is 64.6 Å². The number of hydrogen-bond donors (Lipinski definition) is 1. The van der Waals surface area contributed by atoms with Gasteiger partial charge in [-0.1, -0.05) is 42.5 Å². The van der Waals surface area contributed by atoms with Crippen molar-refractivity contribution in [2.24, 2.45) is 0 Å². The summed E-state index contributed by atoms with van der Waals surface area (Å²) >= 11 is 0. The van der Waals surface area contributed by atoms with Gasteiger partial charge in [-0.15, -0.1) is 0 Å². The Bertz CT molecular complexity index is 1090. The first-order chi connectivity index (χ1) is 14.7. The molecule has 0 unspecified atom stereocenters. The Morgan fingerprint density at radius 1 is 0.806 bits per heavy atom. The van der Waals surface area contributed by atoms with Gasteiger partial charge in [0.1, 0.15) is 11.5 Å². The molecule has 0 fully saturated rings. The van der Waals surface area contributed by atoms with Crippen LogP contribution >= 0.6 is 0 Å². The third kappa shape index (κ3) is 6.73. The maximum absolute atomic E-state index is 12.5. The highest BCUT2D eigenvalue weighted by Crippen LogP contribution is 2.26. The minimum Gasteiger partial charge on any atom is -0.457 e. The number of nitrogens with one attached hydrogen (secondary N) is 1.